The van der Waals surface area contributed by atoms with E-state index in [9.17, 15) is 13.2 Å². The Hall–Kier alpha value is -1.86. The van der Waals surface area contributed by atoms with Crippen LogP contribution in [-0.2, 0) is 14.8 Å². The van der Waals surface area contributed by atoms with Crippen molar-refractivity contribution in [1.29, 1.82) is 0 Å². The lowest BCUT2D eigenvalue weighted by Gasteiger charge is -2.31. The molecule has 0 radical (unpaired) electrons. The standard InChI is InChI=1S/C23H34N2O4S/c1-3-29-22-12-11-21(16-18(22)2)30(27,28)25-15-7-10-20(17-25)23(26)24-14-13-19-8-5-4-6-9-19/h8,11-12,16,20H,3-7,9-10,13-15,17H2,1-2H3,(H,24,26)/t20-/m0/s1. The normalized spacial score (nSPS) is 20.5. The van der Waals surface area contributed by atoms with Crippen molar-refractivity contribution in [1.82, 2.24) is 9.62 Å². The molecule has 166 valence electrons. The number of carbonyl (C=O) groups excluding carboxylic acids is 1. The second-order valence-corrected chi connectivity index (χ2v) is 10.1. The number of rotatable bonds is 8. The number of benzene rings is 1. The SMILES string of the molecule is CCOc1ccc(S(=O)(=O)N2CCC[C@H](C(=O)NCCC3=CCCCC3)C2)cc1C. The highest BCUT2D eigenvalue weighted by atomic mass is 32.2. The first-order valence-electron chi connectivity index (χ1n) is 11.1. The highest BCUT2D eigenvalue weighted by molar-refractivity contribution is 7.89. The second kappa shape index (κ2) is 10.4. The van der Waals surface area contributed by atoms with Crippen molar-refractivity contribution in [3.05, 3.63) is 35.4 Å². The third kappa shape index (κ3) is 5.64. The largest absolute Gasteiger partial charge is 0.494 e. The molecule has 0 spiro atoms. The van der Waals surface area contributed by atoms with Gasteiger partial charge in [0.1, 0.15) is 5.75 Å². The molecular weight excluding hydrogens is 400 g/mol. The molecule has 3 rings (SSSR count). The van der Waals surface area contributed by atoms with Gasteiger partial charge in [0.2, 0.25) is 15.9 Å². The van der Waals surface area contributed by atoms with Crippen LogP contribution in [0, 0.1) is 12.8 Å². The van der Waals surface area contributed by atoms with Crippen LogP contribution in [-0.4, -0.2) is 44.9 Å². The molecule has 30 heavy (non-hydrogen) atoms. The van der Waals surface area contributed by atoms with E-state index in [-0.39, 0.29) is 23.3 Å². The molecule has 0 unspecified atom stereocenters. The number of nitrogens with one attached hydrogen (secondary N) is 1. The molecule has 2 aliphatic rings. The van der Waals surface area contributed by atoms with Crippen LogP contribution in [0.25, 0.3) is 0 Å². The Morgan fingerprint density at radius 1 is 1.27 bits per heavy atom. The molecule has 1 N–H and O–H groups in total. The summed E-state index contributed by atoms with van der Waals surface area (Å²) >= 11 is 0. The van der Waals surface area contributed by atoms with Crippen molar-refractivity contribution in [3.8, 4) is 5.75 Å². The monoisotopic (exact) mass is 434 g/mol. The van der Waals surface area contributed by atoms with Crippen LogP contribution in [0.2, 0.25) is 0 Å². The molecule has 1 fully saturated rings. The smallest absolute Gasteiger partial charge is 0.243 e. The van der Waals surface area contributed by atoms with Crippen LogP contribution >= 0.6 is 0 Å². The Kier molecular flexibility index (Phi) is 7.94. The summed E-state index contributed by atoms with van der Waals surface area (Å²) in [5.41, 5.74) is 2.22. The van der Waals surface area contributed by atoms with Gasteiger partial charge in [-0.1, -0.05) is 11.6 Å². The maximum atomic E-state index is 13.1. The van der Waals surface area contributed by atoms with E-state index in [2.05, 4.69) is 11.4 Å². The molecule has 0 saturated carbocycles. The molecule has 6 nitrogen and oxygen atoms in total. The highest BCUT2D eigenvalue weighted by Crippen LogP contribution is 2.27. The Morgan fingerprint density at radius 2 is 2.10 bits per heavy atom. The number of sulfonamides is 1. The van der Waals surface area contributed by atoms with Crippen molar-refractivity contribution in [2.24, 2.45) is 5.92 Å². The van der Waals surface area contributed by atoms with E-state index in [0.717, 1.165) is 31.2 Å². The van der Waals surface area contributed by atoms with E-state index in [0.29, 0.717) is 31.9 Å². The Balaban J connectivity index is 1.59. The van der Waals surface area contributed by atoms with Crippen molar-refractivity contribution in [3.63, 3.8) is 0 Å². The zero-order valence-electron chi connectivity index (χ0n) is 18.2. The minimum atomic E-state index is -3.63. The Bertz CT molecular complexity index is 879. The number of amides is 1. The van der Waals surface area contributed by atoms with Gasteiger partial charge in [0.05, 0.1) is 17.4 Å². The van der Waals surface area contributed by atoms with Crippen molar-refractivity contribution in [2.75, 3.05) is 26.2 Å². The van der Waals surface area contributed by atoms with Crippen LogP contribution in [0.3, 0.4) is 0 Å². The van der Waals surface area contributed by atoms with Crippen LogP contribution in [0.5, 0.6) is 5.75 Å². The fourth-order valence-electron chi connectivity index (χ4n) is 4.25. The van der Waals surface area contributed by atoms with Gasteiger partial charge < -0.3 is 10.1 Å². The summed E-state index contributed by atoms with van der Waals surface area (Å²) in [6, 6.07) is 4.95. The van der Waals surface area contributed by atoms with Gasteiger partial charge in [-0.05, 0) is 82.6 Å². The average Bonchev–Trinajstić information content (AvgIpc) is 2.76. The molecule has 1 heterocycles. The lowest BCUT2D eigenvalue weighted by atomic mass is 9.96. The van der Waals surface area contributed by atoms with Crippen molar-refractivity contribution >= 4 is 15.9 Å². The quantitative estimate of drug-likeness (QED) is 0.632. The summed E-state index contributed by atoms with van der Waals surface area (Å²) < 4.78 is 33.3. The number of aryl methyl sites for hydroxylation is 1. The maximum Gasteiger partial charge on any atom is 0.243 e. The van der Waals surface area contributed by atoms with Crippen molar-refractivity contribution < 1.29 is 17.9 Å². The van der Waals surface area contributed by atoms with Gasteiger partial charge in [-0.2, -0.15) is 4.31 Å². The van der Waals surface area contributed by atoms with E-state index in [1.807, 2.05) is 13.8 Å². The van der Waals surface area contributed by atoms with E-state index in [1.54, 1.807) is 18.2 Å². The third-order valence-electron chi connectivity index (χ3n) is 5.97. The molecule has 1 aromatic rings. The fourth-order valence-corrected chi connectivity index (χ4v) is 5.86. The summed E-state index contributed by atoms with van der Waals surface area (Å²) in [5, 5.41) is 3.02. The first-order chi connectivity index (χ1) is 14.4. The summed E-state index contributed by atoms with van der Waals surface area (Å²) in [5.74, 6) is 0.368. The van der Waals surface area contributed by atoms with E-state index in [1.165, 1.54) is 22.7 Å². The molecule has 1 amide bonds. The molecule has 1 atom stereocenters. The van der Waals surface area contributed by atoms with Gasteiger partial charge in [-0.25, -0.2) is 8.42 Å². The first kappa shape index (κ1) is 22.8. The lowest BCUT2D eigenvalue weighted by Crippen LogP contribution is -2.45. The molecule has 1 aromatic carbocycles. The second-order valence-electron chi connectivity index (χ2n) is 8.21. The topological polar surface area (TPSA) is 75.7 Å². The van der Waals surface area contributed by atoms with Gasteiger partial charge in [0.15, 0.2) is 0 Å². The zero-order valence-corrected chi connectivity index (χ0v) is 19.0. The van der Waals surface area contributed by atoms with Gasteiger partial charge in [-0.15, -0.1) is 0 Å². The Labute approximate surface area is 180 Å². The minimum absolute atomic E-state index is 0.0332. The summed E-state index contributed by atoms with van der Waals surface area (Å²) in [7, 11) is -3.63. The lowest BCUT2D eigenvalue weighted by molar-refractivity contribution is -0.126. The maximum absolute atomic E-state index is 13.1. The number of allylic oxidation sites excluding steroid dienone is 1. The van der Waals surface area contributed by atoms with Crippen molar-refractivity contribution in [2.45, 2.75) is 63.7 Å². The number of carbonyl (C=O) groups is 1. The van der Waals surface area contributed by atoms with Crippen LogP contribution in [0.15, 0.2) is 34.7 Å². The summed E-state index contributed by atoms with van der Waals surface area (Å²) in [6.07, 6.45) is 9.38. The Morgan fingerprint density at radius 3 is 2.80 bits per heavy atom. The van der Waals surface area contributed by atoms with Crippen LogP contribution < -0.4 is 10.1 Å². The third-order valence-corrected chi connectivity index (χ3v) is 7.83. The number of hydrogen-bond acceptors (Lipinski definition) is 4. The first-order valence-corrected chi connectivity index (χ1v) is 12.5. The van der Waals surface area contributed by atoms with Gasteiger partial charge >= 0.3 is 0 Å². The molecule has 1 saturated heterocycles. The predicted molar refractivity (Wildman–Crippen MR) is 118 cm³/mol. The molecule has 7 heteroatoms. The summed E-state index contributed by atoms with van der Waals surface area (Å²) in [6.45, 7) is 5.60. The molecule has 0 bridgehead atoms. The van der Waals surface area contributed by atoms with E-state index < -0.39 is 10.0 Å². The minimum Gasteiger partial charge on any atom is -0.494 e. The zero-order chi connectivity index (χ0) is 21.6. The van der Waals surface area contributed by atoms with Gasteiger partial charge in [0.25, 0.3) is 0 Å². The van der Waals surface area contributed by atoms with Crippen LogP contribution in [0.1, 0.15) is 57.4 Å². The summed E-state index contributed by atoms with van der Waals surface area (Å²) in [4.78, 5) is 12.9. The molecule has 1 aliphatic carbocycles. The van der Waals surface area contributed by atoms with E-state index >= 15 is 0 Å². The highest BCUT2D eigenvalue weighted by Gasteiger charge is 2.33. The predicted octanol–water partition coefficient (Wildman–Crippen LogP) is 3.80. The number of ether oxygens (including phenoxy) is 1. The number of hydrogen-bond donors (Lipinski definition) is 1. The van der Waals surface area contributed by atoms with E-state index in [4.69, 9.17) is 4.74 Å². The number of nitrogens with zero attached hydrogens (tertiary/aromatic N) is 1. The number of piperidine rings is 1. The molecular formula is C23H34N2O4S. The van der Waals surface area contributed by atoms with Crippen LogP contribution in [0.4, 0.5) is 0 Å². The molecule has 1 aliphatic heterocycles. The van der Waals surface area contributed by atoms with Gasteiger partial charge in [-0.3, -0.25) is 4.79 Å². The molecule has 0 aromatic heterocycles. The average molecular weight is 435 g/mol. The fraction of sp³-hybridized carbons (Fsp3) is 0.609. The van der Waals surface area contributed by atoms with Gasteiger partial charge in [0, 0.05) is 19.6 Å².